The van der Waals surface area contributed by atoms with Gasteiger partial charge in [0, 0.05) is 23.7 Å². The minimum atomic E-state index is -0.482. The minimum Gasteiger partial charge on any atom is -0.493 e. The number of rotatable bonds is 7. The van der Waals surface area contributed by atoms with Crippen LogP contribution >= 0.6 is 23.4 Å². The number of halogens is 1. The summed E-state index contributed by atoms with van der Waals surface area (Å²) in [6, 6.07) is 12.6. The zero-order chi connectivity index (χ0) is 23.4. The Balaban J connectivity index is 1.53. The van der Waals surface area contributed by atoms with Crippen LogP contribution in [0.25, 0.3) is 6.08 Å². The van der Waals surface area contributed by atoms with Gasteiger partial charge in [-0.1, -0.05) is 35.9 Å². The van der Waals surface area contributed by atoms with E-state index in [-0.39, 0.29) is 24.0 Å². The van der Waals surface area contributed by atoms with Crippen LogP contribution in [0.4, 0.5) is 4.79 Å². The number of ether oxygens (including phenoxy) is 2. The Bertz CT molecular complexity index is 1100. The van der Waals surface area contributed by atoms with Crippen LogP contribution in [0.1, 0.15) is 24.0 Å². The number of likely N-dealkylation sites (tertiary alicyclic amines) is 1. The van der Waals surface area contributed by atoms with Crippen molar-refractivity contribution >= 4 is 46.5 Å². The van der Waals surface area contributed by atoms with Crippen LogP contribution < -0.4 is 9.47 Å². The maximum absolute atomic E-state index is 12.9. The van der Waals surface area contributed by atoms with Gasteiger partial charge in [0.1, 0.15) is 13.2 Å². The minimum absolute atomic E-state index is 0.204. The molecule has 2 saturated heterocycles. The monoisotopic (exact) mass is 486 g/mol. The van der Waals surface area contributed by atoms with E-state index < -0.39 is 11.1 Å². The summed E-state index contributed by atoms with van der Waals surface area (Å²) in [4.78, 5) is 40.8. The zero-order valence-corrected chi connectivity index (χ0v) is 19.7. The summed E-state index contributed by atoms with van der Waals surface area (Å²) in [6.07, 6.45) is 3.50. The van der Waals surface area contributed by atoms with Gasteiger partial charge in [-0.05, 0) is 54.4 Å². The first kappa shape index (κ1) is 23.2. The molecule has 0 N–H and O–H groups in total. The molecular weight excluding hydrogens is 464 g/mol. The van der Waals surface area contributed by atoms with Gasteiger partial charge >= 0.3 is 0 Å². The molecule has 33 heavy (non-hydrogen) atoms. The van der Waals surface area contributed by atoms with Gasteiger partial charge in [0.25, 0.3) is 11.1 Å². The third kappa shape index (κ3) is 5.34. The highest BCUT2D eigenvalue weighted by Gasteiger charge is 2.37. The summed E-state index contributed by atoms with van der Waals surface area (Å²) in [5.41, 5.74) is 1.51. The summed E-state index contributed by atoms with van der Waals surface area (Å²) < 4.78 is 11.5. The SMILES string of the molecule is COc1cccc(/C=C2\SC(=O)N(CC(=O)N3CCCC3)C2=O)c1OCc1ccc(Cl)cc1. The van der Waals surface area contributed by atoms with Crippen molar-refractivity contribution in [1.82, 2.24) is 9.80 Å². The quantitative estimate of drug-likeness (QED) is 0.533. The second kappa shape index (κ2) is 10.3. The van der Waals surface area contributed by atoms with Crippen LogP contribution in [0.2, 0.25) is 5.02 Å². The van der Waals surface area contributed by atoms with Crippen LogP contribution in [0.15, 0.2) is 47.4 Å². The number of nitrogens with zero attached hydrogens (tertiary/aromatic N) is 2. The molecule has 9 heteroatoms. The topological polar surface area (TPSA) is 76.2 Å². The van der Waals surface area contributed by atoms with E-state index in [1.165, 1.54) is 7.11 Å². The first-order valence-corrected chi connectivity index (χ1v) is 11.7. The van der Waals surface area contributed by atoms with Gasteiger partial charge in [0.05, 0.1) is 12.0 Å². The van der Waals surface area contributed by atoms with Crippen molar-refractivity contribution in [2.75, 3.05) is 26.7 Å². The van der Waals surface area contributed by atoms with Crippen molar-refractivity contribution in [3.63, 3.8) is 0 Å². The van der Waals surface area contributed by atoms with Crippen LogP contribution in [-0.2, 0) is 16.2 Å². The first-order valence-electron chi connectivity index (χ1n) is 10.5. The van der Waals surface area contributed by atoms with Gasteiger partial charge in [-0.15, -0.1) is 0 Å². The predicted molar refractivity (Wildman–Crippen MR) is 127 cm³/mol. The summed E-state index contributed by atoms with van der Waals surface area (Å²) >= 11 is 6.76. The van der Waals surface area contributed by atoms with E-state index in [4.69, 9.17) is 21.1 Å². The highest BCUT2D eigenvalue weighted by atomic mass is 35.5. The number of hydrogen-bond donors (Lipinski definition) is 0. The normalized spacial score (nSPS) is 17.2. The Morgan fingerprint density at radius 1 is 1.12 bits per heavy atom. The summed E-state index contributed by atoms with van der Waals surface area (Å²) in [6.45, 7) is 1.37. The number of carbonyl (C=O) groups excluding carboxylic acids is 3. The fourth-order valence-electron chi connectivity index (χ4n) is 3.68. The highest BCUT2D eigenvalue weighted by Crippen LogP contribution is 2.37. The molecule has 3 amide bonds. The standard InChI is InChI=1S/C24H23ClN2O5S/c1-31-19-6-4-5-17(22(19)32-15-16-7-9-18(25)10-8-16)13-20-23(29)27(24(30)33-20)14-21(28)26-11-2-3-12-26/h4-10,13H,2-3,11-12,14-15H2,1H3/b20-13-. The fraction of sp³-hybridized carbons (Fsp3) is 0.292. The maximum atomic E-state index is 12.9. The Morgan fingerprint density at radius 2 is 1.85 bits per heavy atom. The Labute approximate surface area is 201 Å². The summed E-state index contributed by atoms with van der Waals surface area (Å²) in [7, 11) is 1.53. The lowest BCUT2D eigenvalue weighted by Gasteiger charge is -2.18. The number of thioether (sulfide) groups is 1. The number of methoxy groups -OCH3 is 1. The lowest BCUT2D eigenvalue weighted by molar-refractivity contribution is -0.135. The van der Waals surface area contributed by atoms with Crippen molar-refractivity contribution in [1.29, 1.82) is 0 Å². The molecule has 2 fully saturated rings. The number of benzene rings is 2. The van der Waals surface area contributed by atoms with Gasteiger partial charge in [-0.3, -0.25) is 19.3 Å². The molecular formula is C24H23ClN2O5S. The highest BCUT2D eigenvalue weighted by molar-refractivity contribution is 8.18. The second-order valence-electron chi connectivity index (χ2n) is 7.65. The maximum Gasteiger partial charge on any atom is 0.294 e. The number of imide groups is 1. The van der Waals surface area contributed by atoms with Crippen molar-refractivity contribution in [3.05, 3.63) is 63.5 Å². The van der Waals surface area contributed by atoms with Crippen LogP contribution in [0.5, 0.6) is 11.5 Å². The zero-order valence-electron chi connectivity index (χ0n) is 18.1. The molecule has 0 unspecified atom stereocenters. The molecule has 0 spiro atoms. The molecule has 2 aromatic carbocycles. The van der Waals surface area contributed by atoms with E-state index in [1.807, 2.05) is 12.1 Å². The second-order valence-corrected chi connectivity index (χ2v) is 9.08. The fourth-order valence-corrected chi connectivity index (χ4v) is 4.63. The van der Waals surface area contributed by atoms with Crippen molar-refractivity contribution in [2.24, 2.45) is 0 Å². The largest absolute Gasteiger partial charge is 0.493 e. The Morgan fingerprint density at radius 3 is 2.55 bits per heavy atom. The number of para-hydroxylation sites is 1. The third-order valence-corrected chi connectivity index (χ3v) is 6.60. The molecule has 7 nitrogen and oxygen atoms in total. The molecule has 0 atom stereocenters. The average Bonchev–Trinajstić information content (AvgIpc) is 3.44. The van der Waals surface area contributed by atoms with Crippen LogP contribution in [0.3, 0.4) is 0 Å². The Hall–Kier alpha value is -2.97. The Kier molecular flexibility index (Phi) is 7.25. The lowest BCUT2D eigenvalue weighted by atomic mass is 10.1. The van der Waals surface area contributed by atoms with Gasteiger partial charge < -0.3 is 14.4 Å². The molecule has 2 aliphatic heterocycles. The molecule has 0 saturated carbocycles. The van der Waals surface area contributed by atoms with E-state index in [9.17, 15) is 14.4 Å². The van der Waals surface area contributed by atoms with E-state index in [0.29, 0.717) is 35.2 Å². The number of hydrogen-bond acceptors (Lipinski definition) is 6. The molecule has 0 bridgehead atoms. The van der Waals surface area contributed by atoms with Crippen molar-refractivity contribution in [3.8, 4) is 11.5 Å². The first-order chi connectivity index (χ1) is 16.0. The van der Waals surface area contributed by atoms with E-state index in [1.54, 1.807) is 41.3 Å². The molecule has 2 aliphatic rings. The lowest BCUT2D eigenvalue weighted by Crippen LogP contribution is -2.40. The van der Waals surface area contributed by atoms with Crippen LogP contribution in [-0.4, -0.2) is 53.6 Å². The smallest absolute Gasteiger partial charge is 0.294 e. The van der Waals surface area contributed by atoms with Gasteiger partial charge in [-0.2, -0.15) is 0 Å². The molecule has 4 rings (SSSR count). The van der Waals surface area contributed by atoms with Crippen molar-refractivity contribution < 1.29 is 23.9 Å². The van der Waals surface area contributed by atoms with Gasteiger partial charge in [0.2, 0.25) is 5.91 Å². The summed E-state index contributed by atoms with van der Waals surface area (Å²) in [5.74, 6) is 0.268. The molecule has 0 radical (unpaired) electrons. The van der Waals surface area contributed by atoms with E-state index in [0.717, 1.165) is 35.1 Å². The molecule has 2 aromatic rings. The van der Waals surface area contributed by atoms with E-state index in [2.05, 4.69) is 0 Å². The van der Waals surface area contributed by atoms with Gasteiger partial charge in [-0.25, -0.2) is 0 Å². The summed E-state index contributed by atoms with van der Waals surface area (Å²) in [5, 5.41) is 0.181. The predicted octanol–water partition coefficient (Wildman–Crippen LogP) is 4.59. The average molecular weight is 487 g/mol. The molecule has 2 heterocycles. The van der Waals surface area contributed by atoms with Crippen LogP contribution in [0, 0.1) is 0 Å². The number of carbonyl (C=O) groups is 3. The number of amides is 3. The molecule has 0 aliphatic carbocycles. The van der Waals surface area contributed by atoms with Gasteiger partial charge in [0.15, 0.2) is 11.5 Å². The van der Waals surface area contributed by atoms with Crippen molar-refractivity contribution in [2.45, 2.75) is 19.4 Å². The molecule has 0 aromatic heterocycles. The third-order valence-electron chi connectivity index (χ3n) is 5.44. The molecule has 172 valence electrons. The van der Waals surface area contributed by atoms with E-state index >= 15 is 0 Å².